The topological polar surface area (TPSA) is 26.3 Å². The number of hydrogen-bond acceptors (Lipinski definition) is 2. The molecule has 106 valence electrons. The number of carbonyl (C=O) groups is 1. The summed E-state index contributed by atoms with van der Waals surface area (Å²) in [6.45, 7) is 8.21. The standard InChI is InChI=1S/C16H24O2S/c1-16(2,3)15(19-11-9-18-10-12-19)14(17)13-7-5-4-6-8-13/h4-8,15,19H,9-12H2,1-3H3. The van der Waals surface area contributed by atoms with Gasteiger partial charge in [0.2, 0.25) is 0 Å². The fourth-order valence-electron chi connectivity index (χ4n) is 2.70. The van der Waals surface area contributed by atoms with Crippen molar-refractivity contribution in [2.75, 3.05) is 24.7 Å². The maximum Gasteiger partial charge on any atom is 0.174 e. The zero-order valence-electron chi connectivity index (χ0n) is 12.1. The van der Waals surface area contributed by atoms with Gasteiger partial charge in [-0.05, 0) is 16.9 Å². The van der Waals surface area contributed by atoms with E-state index in [1.807, 2.05) is 30.3 Å². The summed E-state index contributed by atoms with van der Waals surface area (Å²) >= 11 is 0. The normalized spacial score (nSPS) is 20.1. The molecule has 0 N–H and O–H groups in total. The van der Waals surface area contributed by atoms with Crippen molar-refractivity contribution in [2.45, 2.75) is 26.0 Å². The maximum atomic E-state index is 12.9. The summed E-state index contributed by atoms with van der Waals surface area (Å²) in [5, 5.41) is 0.147. The van der Waals surface area contributed by atoms with Crippen molar-refractivity contribution in [3.05, 3.63) is 35.9 Å². The highest BCUT2D eigenvalue weighted by Gasteiger charge is 2.36. The van der Waals surface area contributed by atoms with Gasteiger partial charge in [0.05, 0.1) is 18.5 Å². The average molecular weight is 280 g/mol. The smallest absolute Gasteiger partial charge is 0.174 e. The summed E-state index contributed by atoms with van der Waals surface area (Å²) in [6, 6.07) is 9.74. The van der Waals surface area contributed by atoms with Gasteiger partial charge in [-0.15, -0.1) is 0 Å². The monoisotopic (exact) mass is 280 g/mol. The summed E-state index contributed by atoms with van der Waals surface area (Å²) < 4.78 is 5.45. The molecule has 1 aromatic carbocycles. The van der Waals surface area contributed by atoms with Crippen molar-refractivity contribution >= 4 is 16.7 Å². The Labute approximate surface area is 118 Å². The Morgan fingerprint density at radius 1 is 1.16 bits per heavy atom. The first-order valence-electron chi connectivity index (χ1n) is 6.91. The zero-order valence-corrected chi connectivity index (χ0v) is 13.0. The number of thiol groups is 1. The highest BCUT2D eigenvalue weighted by molar-refractivity contribution is 8.18. The van der Waals surface area contributed by atoms with E-state index < -0.39 is 0 Å². The van der Waals surface area contributed by atoms with Crippen LogP contribution in [-0.4, -0.2) is 35.8 Å². The van der Waals surface area contributed by atoms with E-state index in [4.69, 9.17) is 4.74 Å². The van der Waals surface area contributed by atoms with Gasteiger partial charge in [0.25, 0.3) is 0 Å². The number of ketones is 1. The van der Waals surface area contributed by atoms with Gasteiger partial charge in [0.1, 0.15) is 0 Å². The van der Waals surface area contributed by atoms with Crippen LogP contribution in [0.2, 0.25) is 0 Å². The second kappa shape index (κ2) is 6.10. The van der Waals surface area contributed by atoms with Crippen LogP contribution in [0.1, 0.15) is 31.1 Å². The SMILES string of the molecule is CC(C)(C)C(C(=O)c1ccccc1)[SH]1CCOCC1. The third kappa shape index (κ3) is 3.61. The average Bonchev–Trinajstić information content (AvgIpc) is 2.39. The van der Waals surface area contributed by atoms with E-state index in [2.05, 4.69) is 20.8 Å². The highest BCUT2D eigenvalue weighted by Crippen LogP contribution is 2.44. The first-order valence-corrected chi connectivity index (χ1v) is 8.69. The Morgan fingerprint density at radius 3 is 2.26 bits per heavy atom. The second-order valence-corrected chi connectivity index (χ2v) is 8.74. The minimum Gasteiger partial charge on any atom is -0.380 e. The summed E-state index contributed by atoms with van der Waals surface area (Å²) in [4.78, 5) is 12.9. The number of rotatable bonds is 3. The molecule has 0 aromatic heterocycles. The largest absolute Gasteiger partial charge is 0.380 e. The molecule has 0 bridgehead atoms. The lowest BCUT2D eigenvalue weighted by Gasteiger charge is -2.40. The van der Waals surface area contributed by atoms with Gasteiger partial charge >= 0.3 is 0 Å². The Balaban J connectivity index is 2.25. The fourth-order valence-corrected chi connectivity index (χ4v) is 5.75. The van der Waals surface area contributed by atoms with E-state index in [0.717, 1.165) is 30.3 Å². The van der Waals surface area contributed by atoms with Crippen LogP contribution in [-0.2, 0) is 4.74 Å². The molecule has 0 spiro atoms. The van der Waals surface area contributed by atoms with Gasteiger partial charge in [-0.25, -0.2) is 10.9 Å². The van der Waals surface area contributed by atoms with Crippen molar-refractivity contribution in [3.8, 4) is 0 Å². The van der Waals surface area contributed by atoms with Crippen LogP contribution < -0.4 is 0 Å². The molecule has 1 heterocycles. The quantitative estimate of drug-likeness (QED) is 0.679. The lowest BCUT2D eigenvalue weighted by atomic mass is 9.87. The van der Waals surface area contributed by atoms with E-state index in [0.29, 0.717) is 5.78 Å². The van der Waals surface area contributed by atoms with Crippen molar-refractivity contribution < 1.29 is 9.53 Å². The summed E-state index contributed by atoms with van der Waals surface area (Å²) in [5.74, 6) is 2.45. The minimum atomic E-state index is -0.261. The molecule has 1 aromatic rings. The predicted octanol–water partition coefficient (Wildman–Crippen LogP) is 3.32. The summed E-state index contributed by atoms with van der Waals surface area (Å²) in [5.41, 5.74) is 0.882. The molecule has 1 atom stereocenters. The molecule has 1 saturated heterocycles. The molecule has 0 radical (unpaired) electrons. The lowest BCUT2D eigenvalue weighted by molar-refractivity contribution is 0.0947. The summed E-state index contributed by atoms with van der Waals surface area (Å²) in [6.07, 6.45) is 0. The lowest BCUT2D eigenvalue weighted by Crippen LogP contribution is -2.38. The van der Waals surface area contributed by atoms with Crippen molar-refractivity contribution in [3.63, 3.8) is 0 Å². The molecule has 1 aliphatic rings. The van der Waals surface area contributed by atoms with Gasteiger partial charge < -0.3 is 4.74 Å². The van der Waals surface area contributed by atoms with Crippen LogP contribution in [0.25, 0.3) is 0 Å². The van der Waals surface area contributed by atoms with Crippen LogP contribution in [0, 0.1) is 5.41 Å². The third-order valence-corrected chi connectivity index (χ3v) is 6.79. The first kappa shape index (κ1) is 14.6. The van der Waals surface area contributed by atoms with Crippen LogP contribution >= 0.6 is 10.9 Å². The molecule has 1 aliphatic heterocycles. The Kier molecular flexibility index (Phi) is 4.69. The molecular weight excluding hydrogens is 256 g/mol. The van der Waals surface area contributed by atoms with E-state index in [-0.39, 0.29) is 21.6 Å². The Morgan fingerprint density at radius 2 is 1.74 bits per heavy atom. The molecule has 0 aliphatic carbocycles. The van der Waals surface area contributed by atoms with Gasteiger partial charge in [-0.1, -0.05) is 51.1 Å². The minimum absolute atomic E-state index is 0.0238. The molecule has 0 amide bonds. The molecule has 1 fully saturated rings. The van der Waals surface area contributed by atoms with Gasteiger partial charge in [0, 0.05) is 5.56 Å². The predicted molar refractivity (Wildman–Crippen MR) is 83.6 cm³/mol. The summed E-state index contributed by atoms with van der Waals surface area (Å²) in [7, 11) is -0.261. The number of Topliss-reactive ketones (excluding diaryl/α,β-unsaturated/α-hetero) is 1. The second-order valence-electron chi connectivity index (χ2n) is 6.15. The van der Waals surface area contributed by atoms with Gasteiger partial charge in [-0.2, -0.15) is 0 Å². The van der Waals surface area contributed by atoms with Crippen molar-refractivity contribution in [1.82, 2.24) is 0 Å². The van der Waals surface area contributed by atoms with Crippen molar-refractivity contribution in [1.29, 1.82) is 0 Å². The van der Waals surface area contributed by atoms with E-state index in [9.17, 15) is 4.79 Å². The Hall–Kier alpha value is -0.800. The molecule has 2 rings (SSSR count). The molecule has 1 unspecified atom stereocenters. The molecule has 0 saturated carbocycles. The Bertz CT molecular complexity index is 416. The van der Waals surface area contributed by atoms with Crippen LogP contribution in [0.3, 0.4) is 0 Å². The van der Waals surface area contributed by atoms with Crippen LogP contribution in [0.4, 0.5) is 0 Å². The molecule has 2 nitrogen and oxygen atoms in total. The van der Waals surface area contributed by atoms with Gasteiger partial charge in [-0.3, -0.25) is 4.79 Å². The zero-order chi connectivity index (χ0) is 13.9. The number of ether oxygens (including phenoxy) is 1. The number of carbonyl (C=O) groups excluding carboxylic acids is 1. The van der Waals surface area contributed by atoms with Crippen LogP contribution in [0.15, 0.2) is 30.3 Å². The highest BCUT2D eigenvalue weighted by atomic mass is 32.2. The first-order chi connectivity index (χ1) is 9.00. The van der Waals surface area contributed by atoms with E-state index in [1.54, 1.807) is 0 Å². The van der Waals surface area contributed by atoms with Gasteiger partial charge in [0.15, 0.2) is 5.78 Å². The van der Waals surface area contributed by atoms with E-state index in [1.165, 1.54) is 0 Å². The molecule has 19 heavy (non-hydrogen) atoms. The molecular formula is C16H24O2S. The fraction of sp³-hybridized carbons (Fsp3) is 0.562. The number of hydrogen-bond donors (Lipinski definition) is 1. The van der Waals surface area contributed by atoms with E-state index >= 15 is 0 Å². The van der Waals surface area contributed by atoms with Crippen molar-refractivity contribution in [2.24, 2.45) is 5.41 Å². The third-order valence-electron chi connectivity index (χ3n) is 3.54. The maximum absolute atomic E-state index is 12.9. The number of benzene rings is 1. The van der Waals surface area contributed by atoms with Crippen LogP contribution in [0.5, 0.6) is 0 Å². The molecule has 3 heteroatoms.